The summed E-state index contributed by atoms with van der Waals surface area (Å²) in [7, 11) is 1.26. The van der Waals surface area contributed by atoms with Crippen LogP contribution in [0.1, 0.15) is 58.6 Å². The van der Waals surface area contributed by atoms with Crippen LogP contribution >= 0.6 is 0 Å². The number of carbonyl (C=O) groups excluding carboxylic acids is 4. The van der Waals surface area contributed by atoms with Gasteiger partial charge in [-0.15, -0.1) is 0 Å². The Morgan fingerprint density at radius 2 is 1.27 bits per heavy atom. The molecule has 0 saturated carbocycles. The molecule has 0 bridgehead atoms. The van der Waals surface area contributed by atoms with Crippen LogP contribution < -0.4 is 16.0 Å². The molecule has 0 aromatic heterocycles. The van der Waals surface area contributed by atoms with Crippen LogP contribution in [0.5, 0.6) is 0 Å². The summed E-state index contributed by atoms with van der Waals surface area (Å²) in [6.07, 6.45) is 0.663. The van der Waals surface area contributed by atoms with Gasteiger partial charge in [0.15, 0.2) is 0 Å². The molecule has 0 unspecified atom stereocenters. The lowest BCUT2D eigenvalue weighted by Crippen LogP contribution is -2.56. The molecule has 0 radical (unpaired) electrons. The van der Waals surface area contributed by atoms with Crippen molar-refractivity contribution in [3.8, 4) is 0 Å². The number of alkyl carbamates (subject to hydrolysis) is 1. The zero-order valence-electron chi connectivity index (χ0n) is 24.4. The normalized spacial score (nSPS) is 13.5. The van der Waals surface area contributed by atoms with Gasteiger partial charge in [0.2, 0.25) is 11.8 Å². The fourth-order valence-corrected chi connectivity index (χ4v) is 4.11. The first-order valence-corrected chi connectivity index (χ1v) is 13.6. The lowest BCUT2D eigenvalue weighted by atomic mass is 10.00. The molecule has 2 aromatic carbocycles. The van der Waals surface area contributed by atoms with Gasteiger partial charge in [-0.2, -0.15) is 0 Å². The summed E-state index contributed by atoms with van der Waals surface area (Å²) in [5.74, 6) is -1.55. The van der Waals surface area contributed by atoms with Crippen LogP contribution in [0.25, 0.3) is 0 Å². The summed E-state index contributed by atoms with van der Waals surface area (Å²) in [5, 5.41) is 8.22. The van der Waals surface area contributed by atoms with Crippen molar-refractivity contribution in [3.63, 3.8) is 0 Å². The number of esters is 1. The van der Waals surface area contributed by atoms with Gasteiger partial charge in [-0.1, -0.05) is 74.5 Å². The maximum Gasteiger partial charge on any atom is 0.408 e. The van der Waals surface area contributed by atoms with Gasteiger partial charge in [0.05, 0.1) is 7.11 Å². The van der Waals surface area contributed by atoms with Gasteiger partial charge in [-0.25, -0.2) is 9.59 Å². The van der Waals surface area contributed by atoms with Crippen molar-refractivity contribution in [2.24, 2.45) is 5.92 Å². The Morgan fingerprint density at radius 1 is 0.750 bits per heavy atom. The minimum Gasteiger partial charge on any atom is -0.467 e. The van der Waals surface area contributed by atoms with Crippen LogP contribution in [0, 0.1) is 5.92 Å². The average Bonchev–Trinajstić information content (AvgIpc) is 2.89. The van der Waals surface area contributed by atoms with E-state index in [-0.39, 0.29) is 12.3 Å². The first-order chi connectivity index (χ1) is 18.9. The first-order valence-electron chi connectivity index (χ1n) is 13.6. The van der Waals surface area contributed by atoms with E-state index >= 15 is 0 Å². The Labute approximate surface area is 237 Å². The van der Waals surface area contributed by atoms with Crippen LogP contribution in [-0.4, -0.2) is 54.7 Å². The van der Waals surface area contributed by atoms with Crippen molar-refractivity contribution in [2.75, 3.05) is 7.11 Å². The number of nitrogens with one attached hydrogen (secondary N) is 3. The van der Waals surface area contributed by atoms with Gasteiger partial charge >= 0.3 is 12.1 Å². The minimum atomic E-state index is -0.946. The summed E-state index contributed by atoms with van der Waals surface area (Å²) in [4.78, 5) is 51.9. The van der Waals surface area contributed by atoms with E-state index in [1.807, 2.05) is 74.5 Å². The summed E-state index contributed by atoms with van der Waals surface area (Å²) < 4.78 is 10.3. The summed E-state index contributed by atoms with van der Waals surface area (Å²) in [5.41, 5.74) is 1.11. The van der Waals surface area contributed by atoms with Crippen molar-refractivity contribution >= 4 is 23.9 Å². The minimum absolute atomic E-state index is 0.0586. The van der Waals surface area contributed by atoms with E-state index in [4.69, 9.17) is 9.47 Å². The second-order valence-corrected chi connectivity index (χ2v) is 11.2. The molecule has 9 nitrogen and oxygen atoms in total. The molecule has 3 atom stereocenters. The number of methoxy groups -OCH3 is 1. The quantitative estimate of drug-likeness (QED) is 0.323. The lowest BCUT2D eigenvalue weighted by molar-refractivity contribution is -0.145. The number of ether oxygens (including phenoxy) is 2. The first kappa shape index (κ1) is 32.3. The van der Waals surface area contributed by atoms with Crippen molar-refractivity contribution in [2.45, 2.75) is 84.0 Å². The number of benzene rings is 2. The SMILES string of the molecule is COC(=O)[C@@H](Cc1ccccc1)NC(=O)[C@H](CC(C)C)NC(=O)[C@H](CCc1ccccc1)NC(=O)OC(C)(C)C. The van der Waals surface area contributed by atoms with Gasteiger partial charge in [0.25, 0.3) is 0 Å². The molecule has 0 heterocycles. The fourth-order valence-electron chi connectivity index (χ4n) is 4.11. The molecular formula is C31H43N3O6. The predicted molar refractivity (Wildman–Crippen MR) is 153 cm³/mol. The monoisotopic (exact) mass is 553 g/mol. The molecular weight excluding hydrogens is 510 g/mol. The Bertz CT molecular complexity index is 1100. The maximum absolute atomic E-state index is 13.5. The molecule has 0 spiro atoms. The largest absolute Gasteiger partial charge is 0.467 e. The zero-order valence-corrected chi connectivity index (χ0v) is 24.4. The van der Waals surface area contributed by atoms with Crippen LogP contribution in [-0.2, 0) is 36.7 Å². The molecule has 2 rings (SSSR count). The summed E-state index contributed by atoms with van der Waals surface area (Å²) in [6.45, 7) is 9.07. The number of aryl methyl sites for hydroxylation is 1. The predicted octanol–water partition coefficient (Wildman–Crippen LogP) is 3.94. The van der Waals surface area contributed by atoms with Crippen molar-refractivity contribution in [3.05, 3.63) is 71.8 Å². The van der Waals surface area contributed by atoms with E-state index in [0.29, 0.717) is 19.3 Å². The number of carbonyl (C=O) groups is 4. The second-order valence-electron chi connectivity index (χ2n) is 11.2. The molecule has 218 valence electrons. The van der Waals surface area contributed by atoms with E-state index in [9.17, 15) is 19.2 Å². The molecule has 2 aromatic rings. The average molecular weight is 554 g/mol. The number of rotatable bonds is 13. The standard InChI is InChI=1S/C31H43N3O6/c1-21(2)19-25(28(36)33-26(29(37)39-6)20-23-15-11-8-12-16-23)32-27(35)24(34-30(38)40-31(3,4)5)18-17-22-13-9-7-10-14-22/h7-16,21,24-26H,17-20H2,1-6H3,(H,32,35)(H,33,36)(H,34,38)/t24-,25-,26+/m0/s1. The van der Waals surface area contributed by atoms with Gasteiger partial charge in [-0.3, -0.25) is 9.59 Å². The summed E-state index contributed by atoms with van der Waals surface area (Å²) in [6, 6.07) is 16.1. The number of amides is 3. The van der Waals surface area contributed by atoms with E-state index in [1.165, 1.54) is 7.11 Å². The second kappa shape index (κ2) is 15.6. The fraction of sp³-hybridized carbons (Fsp3) is 0.484. The lowest BCUT2D eigenvalue weighted by Gasteiger charge is -2.27. The number of hydrogen-bond acceptors (Lipinski definition) is 6. The highest BCUT2D eigenvalue weighted by molar-refractivity contribution is 5.93. The van der Waals surface area contributed by atoms with Crippen LogP contribution in [0.15, 0.2) is 60.7 Å². The third-order valence-corrected chi connectivity index (χ3v) is 6.00. The highest BCUT2D eigenvalue weighted by Crippen LogP contribution is 2.12. The molecule has 0 fully saturated rings. The van der Waals surface area contributed by atoms with Crippen LogP contribution in [0.3, 0.4) is 0 Å². The highest BCUT2D eigenvalue weighted by atomic mass is 16.6. The smallest absolute Gasteiger partial charge is 0.408 e. The van der Waals surface area contributed by atoms with Crippen molar-refractivity contribution < 1.29 is 28.7 Å². The Balaban J connectivity index is 2.20. The molecule has 0 aliphatic rings. The van der Waals surface area contributed by atoms with Gasteiger partial charge in [0, 0.05) is 6.42 Å². The number of hydrogen-bond donors (Lipinski definition) is 3. The molecule has 0 aliphatic heterocycles. The molecule has 0 saturated heterocycles. The highest BCUT2D eigenvalue weighted by Gasteiger charge is 2.31. The van der Waals surface area contributed by atoms with Crippen LogP contribution in [0.2, 0.25) is 0 Å². The Morgan fingerprint density at radius 3 is 1.80 bits per heavy atom. The molecule has 3 amide bonds. The Hall–Kier alpha value is -3.88. The maximum atomic E-state index is 13.5. The molecule has 9 heteroatoms. The topological polar surface area (TPSA) is 123 Å². The molecule has 0 aliphatic carbocycles. The van der Waals surface area contributed by atoms with Crippen molar-refractivity contribution in [1.82, 2.24) is 16.0 Å². The third kappa shape index (κ3) is 11.9. The van der Waals surface area contributed by atoms with E-state index < -0.39 is 47.6 Å². The third-order valence-electron chi connectivity index (χ3n) is 6.00. The van der Waals surface area contributed by atoms with Crippen LogP contribution in [0.4, 0.5) is 4.79 Å². The van der Waals surface area contributed by atoms with Crippen molar-refractivity contribution in [1.29, 1.82) is 0 Å². The Kier molecular flexibility index (Phi) is 12.6. The van der Waals surface area contributed by atoms with E-state index in [1.54, 1.807) is 20.8 Å². The van der Waals surface area contributed by atoms with E-state index in [2.05, 4.69) is 16.0 Å². The van der Waals surface area contributed by atoms with E-state index in [0.717, 1.165) is 11.1 Å². The zero-order chi connectivity index (χ0) is 29.7. The summed E-state index contributed by atoms with van der Waals surface area (Å²) >= 11 is 0. The van der Waals surface area contributed by atoms with Gasteiger partial charge in [0.1, 0.15) is 23.7 Å². The van der Waals surface area contributed by atoms with Gasteiger partial charge < -0.3 is 25.4 Å². The van der Waals surface area contributed by atoms with Gasteiger partial charge in [-0.05, 0) is 57.1 Å². The molecule has 40 heavy (non-hydrogen) atoms. The molecule has 3 N–H and O–H groups in total.